The zero-order chi connectivity index (χ0) is 23.8. The van der Waals surface area contributed by atoms with E-state index in [2.05, 4.69) is 6.07 Å². The minimum atomic E-state index is -0.852. The van der Waals surface area contributed by atoms with Crippen molar-refractivity contribution >= 4 is 5.97 Å². The first-order valence-corrected chi connectivity index (χ1v) is 11.2. The van der Waals surface area contributed by atoms with E-state index in [0.29, 0.717) is 61.7 Å². The second kappa shape index (κ2) is 11.0. The quantitative estimate of drug-likeness (QED) is 0.518. The molecular weight excluding hydrogens is 422 g/mol. The number of carboxylic acid groups (broad SMARTS) is 1. The van der Waals surface area contributed by atoms with E-state index in [1.165, 1.54) is 0 Å². The summed E-state index contributed by atoms with van der Waals surface area (Å²) in [6, 6.07) is 15.3. The molecule has 3 unspecified atom stereocenters. The number of nitrogens with zero attached hydrogens (tertiary/aromatic N) is 1. The van der Waals surface area contributed by atoms with E-state index in [4.69, 9.17) is 18.9 Å². The third kappa shape index (κ3) is 5.51. The molecule has 3 rings (SSSR count). The van der Waals surface area contributed by atoms with Crippen molar-refractivity contribution in [1.29, 1.82) is 5.26 Å². The predicted octanol–water partition coefficient (Wildman–Crippen LogP) is 4.88. The summed E-state index contributed by atoms with van der Waals surface area (Å²) < 4.78 is 22.6. The Morgan fingerprint density at radius 3 is 2.58 bits per heavy atom. The van der Waals surface area contributed by atoms with Gasteiger partial charge in [0.05, 0.1) is 31.6 Å². The van der Waals surface area contributed by atoms with Gasteiger partial charge >= 0.3 is 5.97 Å². The van der Waals surface area contributed by atoms with E-state index < -0.39 is 23.4 Å². The topological polar surface area (TPSA) is 98.0 Å². The average Bonchev–Trinajstić information content (AvgIpc) is 2.85. The fourth-order valence-corrected chi connectivity index (χ4v) is 4.33. The van der Waals surface area contributed by atoms with E-state index in [1.807, 2.05) is 43.3 Å². The van der Waals surface area contributed by atoms with Crippen LogP contribution in [0.1, 0.15) is 38.2 Å². The molecule has 1 aliphatic rings. The van der Waals surface area contributed by atoms with Crippen molar-refractivity contribution in [3.63, 3.8) is 0 Å². The van der Waals surface area contributed by atoms with Gasteiger partial charge in [-0.05, 0) is 55.5 Å². The van der Waals surface area contributed by atoms with Crippen molar-refractivity contribution in [3.05, 3.63) is 48.0 Å². The number of rotatable bonds is 11. The van der Waals surface area contributed by atoms with Crippen LogP contribution in [0.2, 0.25) is 0 Å². The maximum absolute atomic E-state index is 11.9. The largest absolute Gasteiger partial charge is 0.493 e. The van der Waals surface area contributed by atoms with Crippen molar-refractivity contribution < 1.29 is 28.8 Å². The second-order valence-electron chi connectivity index (χ2n) is 8.31. The Bertz CT molecular complexity index is 1000. The Hall–Kier alpha value is -3.40. The first-order chi connectivity index (χ1) is 16.0. The number of benzene rings is 2. The Labute approximate surface area is 194 Å². The lowest BCUT2D eigenvalue weighted by molar-refractivity contribution is -0.142. The molecule has 3 atom stereocenters. The molecule has 1 heterocycles. The Morgan fingerprint density at radius 2 is 1.94 bits per heavy atom. The standard InChI is InChI=1S/C26H31NO6/c1-4-26(17-27,24-16-32-21-9-5-6-10-22(21)33-24)13-7-8-19(25(28)29)14-18-11-12-20(30-2)23(15-18)31-3/h5-6,9-12,15,19,24H,4,7-8,13-14,16H2,1-3H3,(H,28,29). The van der Waals surface area contributed by atoms with E-state index in [1.54, 1.807) is 20.3 Å². The fourth-order valence-electron chi connectivity index (χ4n) is 4.33. The van der Waals surface area contributed by atoms with E-state index in [-0.39, 0.29) is 0 Å². The number of aliphatic carboxylic acids is 1. The summed E-state index contributed by atoms with van der Waals surface area (Å²) in [5.74, 6) is 1.07. The summed E-state index contributed by atoms with van der Waals surface area (Å²) in [5.41, 5.74) is 0.114. The van der Waals surface area contributed by atoms with Crippen molar-refractivity contribution in [1.82, 2.24) is 0 Å². The molecule has 0 amide bonds. The number of ether oxygens (including phenoxy) is 4. The van der Waals surface area contributed by atoms with Gasteiger partial charge in [0, 0.05) is 0 Å². The van der Waals surface area contributed by atoms with Gasteiger partial charge < -0.3 is 24.1 Å². The molecule has 0 saturated heterocycles. The number of fused-ring (bicyclic) bond motifs is 1. The average molecular weight is 454 g/mol. The normalized spacial score (nSPS) is 17.3. The van der Waals surface area contributed by atoms with Crippen molar-refractivity contribution in [2.24, 2.45) is 11.3 Å². The monoisotopic (exact) mass is 453 g/mol. The number of methoxy groups -OCH3 is 2. The van der Waals surface area contributed by atoms with E-state index in [9.17, 15) is 15.2 Å². The molecule has 0 fully saturated rings. The number of carboxylic acids is 1. The van der Waals surface area contributed by atoms with Crippen LogP contribution in [0.25, 0.3) is 0 Å². The lowest BCUT2D eigenvalue weighted by Gasteiger charge is -2.37. The van der Waals surface area contributed by atoms with Crippen LogP contribution < -0.4 is 18.9 Å². The zero-order valence-electron chi connectivity index (χ0n) is 19.4. The van der Waals surface area contributed by atoms with Crippen LogP contribution in [-0.4, -0.2) is 38.0 Å². The minimum absolute atomic E-state index is 0.298. The van der Waals surface area contributed by atoms with E-state index in [0.717, 1.165) is 5.56 Å². The summed E-state index contributed by atoms with van der Waals surface area (Å²) >= 11 is 0. The zero-order valence-corrected chi connectivity index (χ0v) is 19.4. The van der Waals surface area contributed by atoms with Gasteiger partial charge in [-0.15, -0.1) is 0 Å². The van der Waals surface area contributed by atoms with Crippen LogP contribution in [0.15, 0.2) is 42.5 Å². The highest BCUT2D eigenvalue weighted by atomic mass is 16.6. The number of nitriles is 1. The highest BCUT2D eigenvalue weighted by molar-refractivity contribution is 5.70. The third-order valence-electron chi connectivity index (χ3n) is 6.43. The van der Waals surface area contributed by atoms with Gasteiger partial charge in [0.25, 0.3) is 0 Å². The fraction of sp³-hybridized carbons (Fsp3) is 0.462. The van der Waals surface area contributed by atoms with Crippen LogP contribution >= 0.6 is 0 Å². The Kier molecular flexibility index (Phi) is 8.05. The SMILES string of the molecule is CCC(C#N)(CCCC(Cc1ccc(OC)c(OC)c1)C(=O)O)C1COc2ccccc2O1. The molecule has 7 heteroatoms. The lowest BCUT2D eigenvalue weighted by Crippen LogP contribution is -2.44. The first kappa shape index (κ1) is 24.2. The molecule has 1 aliphatic heterocycles. The van der Waals surface area contributed by atoms with Crippen LogP contribution in [0.3, 0.4) is 0 Å². The van der Waals surface area contributed by atoms with Gasteiger partial charge in [-0.25, -0.2) is 0 Å². The smallest absolute Gasteiger partial charge is 0.306 e. The minimum Gasteiger partial charge on any atom is -0.493 e. The van der Waals surface area contributed by atoms with Gasteiger partial charge in [-0.1, -0.05) is 31.5 Å². The van der Waals surface area contributed by atoms with Crippen molar-refractivity contribution in [2.45, 2.75) is 45.1 Å². The van der Waals surface area contributed by atoms with Crippen LogP contribution in [-0.2, 0) is 11.2 Å². The van der Waals surface area contributed by atoms with Crippen molar-refractivity contribution in [2.75, 3.05) is 20.8 Å². The Balaban J connectivity index is 1.66. The summed E-state index contributed by atoms with van der Waals surface area (Å²) in [5, 5.41) is 19.9. The number of hydrogen-bond donors (Lipinski definition) is 1. The molecule has 7 nitrogen and oxygen atoms in total. The summed E-state index contributed by atoms with van der Waals surface area (Å²) in [4.78, 5) is 11.9. The number of para-hydroxylation sites is 2. The lowest BCUT2D eigenvalue weighted by atomic mass is 9.75. The third-order valence-corrected chi connectivity index (χ3v) is 6.43. The molecule has 33 heavy (non-hydrogen) atoms. The van der Waals surface area contributed by atoms with Gasteiger partial charge in [-0.2, -0.15) is 5.26 Å². The second-order valence-corrected chi connectivity index (χ2v) is 8.31. The van der Waals surface area contributed by atoms with Gasteiger partial charge in [0.1, 0.15) is 6.61 Å². The molecule has 0 saturated carbocycles. The van der Waals surface area contributed by atoms with Crippen LogP contribution in [0.5, 0.6) is 23.0 Å². The maximum Gasteiger partial charge on any atom is 0.306 e. The molecule has 0 aromatic heterocycles. The molecule has 1 N–H and O–H groups in total. The molecule has 2 aromatic carbocycles. The van der Waals surface area contributed by atoms with Gasteiger partial charge in [-0.3, -0.25) is 4.79 Å². The predicted molar refractivity (Wildman–Crippen MR) is 123 cm³/mol. The molecule has 0 aliphatic carbocycles. The number of hydrogen-bond acceptors (Lipinski definition) is 6. The summed E-state index contributed by atoms with van der Waals surface area (Å²) in [7, 11) is 3.12. The molecule has 176 valence electrons. The van der Waals surface area contributed by atoms with Crippen LogP contribution in [0.4, 0.5) is 0 Å². The Morgan fingerprint density at radius 1 is 1.21 bits per heavy atom. The molecule has 2 aromatic rings. The number of carbonyl (C=O) groups is 1. The van der Waals surface area contributed by atoms with Crippen LogP contribution in [0, 0.1) is 22.7 Å². The molecule has 0 bridgehead atoms. The molecule has 0 spiro atoms. The first-order valence-electron chi connectivity index (χ1n) is 11.2. The van der Waals surface area contributed by atoms with Gasteiger partial charge in [0.15, 0.2) is 29.1 Å². The highest BCUT2D eigenvalue weighted by Crippen LogP contribution is 2.41. The molecular formula is C26H31NO6. The summed E-state index contributed by atoms with van der Waals surface area (Å²) in [6.45, 7) is 2.26. The maximum atomic E-state index is 11.9. The van der Waals surface area contributed by atoms with Gasteiger partial charge in [0.2, 0.25) is 0 Å². The van der Waals surface area contributed by atoms with E-state index >= 15 is 0 Å². The van der Waals surface area contributed by atoms with Crippen molar-refractivity contribution in [3.8, 4) is 29.1 Å². The highest BCUT2D eigenvalue weighted by Gasteiger charge is 2.42. The summed E-state index contributed by atoms with van der Waals surface area (Å²) in [6.07, 6.45) is 2.14. The molecule has 0 radical (unpaired) electrons.